The Hall–Kier alpha value is -1.04. The molecule has 2 heteroatoms. The van der Waals surface area contributed by atoms with Crippen molar-refractivity contribution in [2.24, 2.45) is 0 Å². The van der Waals surface area contributed by atoms with Gasteiger partial charge in [0.25, 0.3) is 0 Å². The van der Waals surface area contributed by atoms with Crippen molar-refractivity contribution in [3.8, 4) is 0 Å². The van der Waals surface area contributed by atoms with E-state index >= 15 is 0 Å². The van der Waals surface area contributed by atoms with Gasteiger partial charge in [0.1, 0.15) is 0 Å². The quantitative estimate of drug-likeness (QED) is 0.431. The predicted octanol–water partition coefficient (Wildman–Crippen LogP) is 6.63. The fourth-order valence-electron chi connectivity index (χ4n) is 2.91. The molecule has 1 atom stereocenters. The van der Waals surface area contributed by atoms with Gasteiger partial charge in [-0.2, -0.15) is 0 Å². The zero-order valence-corrected chi connectivity index (χ0v) is 16.9. The molecule has 0 spiro atoms. The van der Waals surface area contributed by atoms with Gasteiger partial charge in [-0.05, 0) is 29.0 Å². The molecule has 0 aliphatic heterocycles. The van der Waals surface area contributed by atoms with Gasteiger partial charge >= 0.3 is 0 Å². The number of hydrogen-bond donors (Lipinski definition) is 0. The first kappa shape index (κ1) is 19.3. The molecule has 0 aliphatic carbocycles. The van der Waals surface area contributed by atoms with Gasteiger partial charge in [0.15, 0.2) is 0 Å². The summed E-state index contributed by atoms with van der Waals surface area (Å²) in [6.45, 7) is 2.40. The Morgan fingerprint density at radius 3 is 1.42 bits per heavy atom. The molecule has 0 heterocycles. The van der Waals surface area contributed by atoms with Gasteiger partial charge in [0.05, 0.1) is 0 Å². The first-order valence-electron chi connectivity index (χ1n) is 8.20. The Kier molecular flexibility index (Phi) is 8.09. The van der Waals surface area contributed by atoms with Crippen molar-refractivity contribution in [3.05, 3.63) is 108 Å². The van der Waals surface area contributed by atoms with Crippen LogP contribution in [0.4, 0.5) is 0 Å². The number of benzene rings is 3. The second-order valence-electron chi connectivity index (χ2n) is 5.96. The molecule has 0 aliphatic rings. The predicted molar refractivity (Wildman–Crippen MR) is 102 cm³/mol. The van der Waals surface area contributed by atoms with Crippen LogP contribution in [0.3, 0.4) is 0 Å². The first-order chi connectivity index (χ1) is 11.3. The SMILES string of the molecule is CC(c1ccccc1)P(Cc1ccccc1)Cc1ccccc1.[Sc]. The second-order valence-corrected chi connectivity index (χ2v) is 8.55. The molecule has 3 aromatic rings. The Bertz CT molecular complexity index is 656. The summed E-state index contributed by atoms with van der Waals surface area (Å²) >= 11 is 0. The summed E-state index contributed by atoms with van der Waals surface area (Å²) in [6.07, 6.45) is 2.36. The third-order valence-electron chi connectivity index (χ3n) is 4.29. The van der Waals surface area contributed by atoms with E-state index in [4.69, 9.17) is 0 Å². The standard InChI is InChI=1S/C22H23P.Sc/c1-19(22-15-9-4-10-16-22)23(17-20-11-5-2-6-12-20)18-21-13-7-3-8-14-21;/h2-16,19H,17-18H2,1H3;. The molecule has 1 radical (unpaired) electrons. The molecule has 0 nitrogen and oxygen atoms in total. The molecule has 0 N–H and O–H groups in total. The van der Waals surface area contributed by atoms with Crippen molar-refractivity contribution in [2.45, 2.75) is 24.9 Å². The maximum Gasteiger partial charge on any atom is 0.00194 e. The molecule has 1 unspecified atom stereocenters. The maximum atomic E-state index is 2.40. The second kappa shape index (κ2) is 10.1. The number of rotatable bonds is 6. The first-order valence-corrected chi connectivity index (χ1v) is 9.98. The van der Waals surface area contributed by atoms with Crippen LogP contribution in [0, 0.1) is 0 Å². The summed E-state index contributed by atoms with van der Waals surface area (Å²) in [5.41, 5.74) is 4.98. The summed E-state index contributed by atoms with van der Waals surface area (Å²) in [4.78, 5) is 0. The maximum absolute atomic E-state index is 2.40. The zero-order valence-electron chi connectivity index (χ0n) is 14.2. The molecular formula is C22H23PSc. The van der Waals surface area contributed by atoms with Crippen LogP contribution in [0.2, 0.25) is 0 Å². The normalized spacial score (nSPS) is 11.8. The van der Waals surface area contributed by atoms with Crippen LogP contribution in [0.5, 0.6) is 0 Å². The molecule has 119 valence electrons. The van der Waals surface area contributed by atoms with Gasteiger partial charge in [0, 0.05) is 31.5 Å². The van der Waals surface area contributed by atoms with Gasteiger partial charge in [0.2, 0.25) is 0 Å². The minimum atomic E-state index is -0.151. The summed E-state index contributed by atoms with van der Waals surface area (Å²) in [5.74, 6) is 0. The van der Waals surface area contributed by atoms with Crippen molar-refractivity contribution in [2.75, 3.05) is 0 Å². The van der Waals surface area contributed by atoms with E-state index in [1.165, 1.54) is 29.0 Å². The Balaban J connectivity index is 0.00000208. The zero-order chi connectivity index (χ0) is 15.9. The Labute approximate surface area is 165 Å². The molecule has 0 saturated heterocycles. The number of hydrogen-bond acceptors (Lipinski definition) is 0. The van der Waals surface area contributed by atoms with Crippen LogP contribution in [-0.2, 0) is 38.2 Å². The van der Waals surface area contributed by atoms with Crippen molar-refractivity contribution in [1.82, 2.24) is 0 Å². The molecule has 0 fully saturated rings. The average molecular weight is 363 g/mol. The minimum absolute atomic E-state index is 0. The minimum Gasteiger partial charge on any atom is -0.0903 e. The average Bonchev–Trinajstić information content (AvgIpc) is 2.63. The summed E-state index contributed by atoms with van der Waals surface area (Å²) in [7, 11) is -0.151. The summed E-state index contributed by atoms with van der Waals surface area (Å²) in [5, 5.41) is 0. The van der Waals surface area contributed by atoms with E-state index in [1.54, 1.807) is 0 Å². The van der Waals surface area contributed by atoms with Crippen LogP contribution in [0.25, 0.3) is 0 Å². The topological polar surface area (TPSA) is 0 Å². The molecule has 0 saturated carbocycles. The Morgan fingerprint density at radius 2 is 1.00 bits per heavy atom. The van der Waals surface area contributed by atoms with Crippen molar-refractivity contribution < 1.29 is 25.8 Å². The van der Waals surface area contributed by atoms with Crippen molar-refractivity contribution in [1.29, 1.82) is 0 Å². The van der Waals surface area contributed by atoms with Crippen molar-refractivity contribution >= 4 is 7.92 Å². The van der Waals surface area contributed by atoms with E-state index in [-0.39, 0.29) is 33.8 Å². The summed E-state index contributed by atoms with van der Waals surface area (Å²) in [6, 6.07) is 32.8. The molecule has 24 heavy (non-hydrogen) atoms. The molecule has 3 rings (SSSR count). The van der Waals surface area contributed by atoms with Crippen LogP contribution in [0.15, 0.2) is 91.0 Å². The Morgan fingerprint density at radius 1 is 0.625 bits per heavy atom. The molecule has 0 bridgehead atoms. The summed E-state index contributed by atoms with van der Waals surface area (Å²) < 4.78 is 0. The van der Waals surface area contributed by atoms with E-state index < -0.39 is 0 Å². The van der Waals surface area contributed by atoms with Crippen LogP contribution in [-0.4, -0.2) is 0 Å². The third-order valence-corrected chi connectivity index (χ3v) is 7.22. The van der Waals surface area contributed by atoms with Gasteiger partial charge in [-0.1, -0.05) is 106 Å². The monoisotopic (exact) mass is 363 g/mol. The van der Waals surface area contributed by atoms with E-state index in [1.807, 2.05) is 0 Å². The molecule has 0 aromatic heterocycles. The molecule has 3 aromatic carbocycles. The van der Waals surface area contributed by atoms with Gasteiger partial charge < -0.3 is 0 Å². The van der Waals surface area contributed by atoms with Crippen molar-refractivity contribution in [3.63, 3.8) is 0 Å². The third kappa shape index (κ3) is 5.50. The van der Waals surface area contributed by atoms with E-state index in [9.17, 15) is 0 Å². The van der Waals surface area contributed by atoms with Gasteiger partial charge in [-0.15, -0.1) is 0 Å². The van der Waals surface area contributed by atoms with Crippen LogP contribution < -0.4 is 0 Å². The fourth-order valence-corrected chi connectivity index (χ4v) is 5.52. The largest absolute Gasteiger partial charge is 0.0903 e. The van der Waals surface area contributed by atoms with Gasteiger partial charge in [-0.3, -0.25) is 0 Å². The van der Waals surface area contributed by atoms with Gasteiger partial charge in [-0.25, -0.2) is 0 Å². The van der Waals surface area contributed by atoms with E-state index in [2.05, 4.69) is 97.9 Å². The fraction of sp³-hybridized carbons (Fsp3) is 0.182. The van der Waals surface area contributed by atoms with Crippen LogP contribution in [0.1, 0.15) is 29.3 Å². The van der Waals surface area contributed by atoms with Crippen LogP contribution >= 0.6 is 7.92 Å². The molecular weight excluding hydrogens is 340 g/mol. The van der Waals surface area contributed by atoms with E-state index in [0.29, 0.717) is 5.66 Å². The van der Waals surface area contributed by atoms with E-state index in [0.717, 1.165) is 0 Å². The molecule has 0 amide bonds. The smallest absolute Gasteiger partial charge is 0.00194 e.